The fourth-order valence-corrected chi connectivity index (χ4v) is 1.82. The Kier molecular flexibility index (Phi) is 4.80. The first-order valence-corrected chi connectivity index (χ1v) is 6.81. The van der Waals surface area contributed by atoms with Crippen molar-refractivity contribution in [3.05, 3.63) is 47.3 Å². The highest BCUT2D eigenvalue weighted by Crippen LogP contribution is 2.27. The Balaban J connectivity index is 2.13. The second kappa shape index (κ2) is 6.78. The Morgan fingerprint density at radius 3 is 2.52 bits per heavy atom. The van der Waals surface area contributed by atoms with E-state index in [-0.39, 0.29) is 11.4 Å². The highest BCUT2D eigenvalue weighted by molar-refractivity contribution is 5.96. The van der Waals surface area contributed by atoms with Gasteiger partial charge in [-0.25, -0.2) is 4.98 Å². The first-order valence-electron chi connectivity index (χ1n) is 6.81. The lowest BCUT2D eigenvalue weighted by molar-refractivity contribution is -0.135. The van der Waals surface area contributed by atoms with Crippen LogP contribution in [-0.2, 0) is 4.79 Å². The van der Waals surface area contributed by atoms with Crippen LogP contribution in [0.4, 0.5) is 0 Å². The molecule has 0 saturated heterocycles. The Bertz CT molecular complexity index is 758. The van der Waals surface area contributed by atoms with Crippen LogP contribution in [-0.4, -0.2) is 33.6 Å². The van der Waals surface area contributed by atoms with Crippen molar-refractivity contribution in [2.45, 2.75) is 13.8 Å². The molecular formula is C16H16N2O5. The van der Waals surface area contributed by atoms with Crippen LogP contribution < -0.4 is 10.1 Å². The first-order chi connectivity index (χ1) is 10.9. The Hall–Kier alpha value is -3.09. The van der Waals surface area contributed by atoms with Gasteiger partial charge >= 0.3 is 5.97 Å². The molecule has 3 N–H and O–H groups in total. The molecule has 7 nitrogen and oxygen atoms in total. The number of ether oxygens (including phenoxy) is 1. The molecule has 0 aliphatic rings. The number of aliphatic carboxylic acids is 1. The summed E-state index contributed by atoms with van der Waals surface area (Å²) in [6, 6.07) is 6.79. The third kappa shape index (κ3) is 4.19. The second-order valence-corrected chi connectivity index (χ2v) is 4.96. The quantitative estimate of drug-likeness (QED) is 0.778. The predicted octanol–water partition coefficient (Wildman–Crippen LogP) is 2.01. The van der Waals surface area contributed by atoms with Crippen molar-refractivity contribution < 1.29 is 24.5 Å². The highest BCUT2D eigenvalue weighted by atomic mass is 16.5. The maximum atomic E-state index is 11.7. The number of rotatable bonds is 5. The molecular weight excluding hydrogens is 300 g/mol. The molecule has 1 heterocycles. The molecule has 120 valence electrons. The average molecular weight is 316 g/mol. The number of aromatic nitrogens is 1. The molecule has 0 aliphatic heterocycles. The van der Waals surface area contributed by atoms with Crippen molar-refractivity contribution in [2.24, 2.45) is 0 Å². The molecule has 0 bridgehead atoms. The maximum absolute atomic E-state index is 11.7. The lowest BCUT2D eigenvalue weighted by atomic mass is 10.1. The van der Waals surface area contributed by atoms with Gasteiger partial charge in [-0.3, -0.25) is 9.59 Å². The van der Waals surface area contributed by atoms with E-state index in [0.29, 0.717) is 5.75 Å². The molecule has 0 atom stereocenters. The predicted molar refractivity (Wildman–Crippen MR) is 81.9 cm³/mol. The van der Waals surface area contributed by atoms with Gasteiger partial charge in [0.1, 0.15) is 18.0 Å². The molecule has 2 aromatic rings. The second-order valence-electron chi connectivity index (χ2n) is 4.96. The molecule has 0 radical (unpaired) electrons. The average Bonchev–Trinajstić information content (AvgIpc) is 2.49. The van der Waals surface area contributed by atoms with Crippen molar-refractivity contribution in [3.8, 4) is 17.2 Å². The smallest absolute Gasteiger partial charge is 0.322 e. The number of amides is 1. The van der Waals surface area contributed by atoms with Gasteiger partial charge in [-0.15, -0.1) is 0 Å². The minimum absolute atomic E-state index is 0.264. The molecule has 0 unspecified atom stereocenters. The molecule has 2 rings (SSSR count). The van der Waals surface area contributed by atoms with Crippen LogP contribution in [0.25, 0.3) is 0 Å². The normalized spacial score (nSPS) is 10.2. The molecule has 23 heavy (non-hydrogen) atoms. The van der Waals surface area contributed by atoms with E-state index in [1.54, 1.807) is 6.07 Å². The summed E-state index contributed by atoms with van der Waals surface area (Å²) in [4.78, 5) is 25.9. The lowest BCUT2D eigenvalue weighted by Crippen LogP contribution is -2.29. The number of carbonyl (C=O) groups excluding carboxylic acids is 1. The number of pyridine rings is 1. The first kappa shape index (κ1) is 16.3. The number of nitrogens with zero attached hydrogens (tertiary/aromatic N) is 1. The largest absolute Gasteiger partial charge is 0.505 e. The maximum Gasteiger partial charge on any atom is 0.322 e. The van der Waals surface area contributed by atoms with E-state index < -0.39 is 24.2 Å². The summed E-state index contributed by atoms with van der Waals surface area (Å²) < 4.78 is 5.58. The molecule has 0 fully saturated rings. The summed E-state index contributed by atoms with van der Waals surface area (Å²) in [5, 5.41) is 20.5. The van der Waals surface area contributed by atoms with Crippen LogP contribution in [0.1, 0.15) is 21.6 Å². The summed E-state index contributed by atoms with van der Waals surface area (Å²) in [5.74, 6) is -1.51. The Morgan fingerprint density at radius 2 is 1.91 bits per heavy atom. The monoisotopic (exact) mass is 316 g/mol. The molecule has 0 saturated carbocycles. The summed E-state index contributed by atoms with van der Waals surface area (Å²) in [6.45, 7) is 3.38. The zero-order chi connectivity index (χ0) is 17.0. The van der Waals surface area contributed by atoms with E-state index in [4.69, 9.17) is 9.84 Å². The number of carboxylic acids is 1. The highest BCUT2D eigenvalue weighted by Gasteiger charge is 2.15. The third-order valence-electron chi connectivity index (χ3n) is 3.17. The molecule has 7 heteroatoms. The fraction of sp³-hybridized carbons (Fsp3) is 0.188. The van der Waals surface area contributed by atoms with E-state index in [1.807, 2.05) is 26.0 Å². The topological polar surface area (TPSA) is 109 Å². The van der Waals surface area contributed by atoms with E-state index >= 15 is 0 Å². The van der Waals surface area contributed by atoms with Crippen molar-refractivity contribution in [2.75, 3.05) is 6.54 Å². The third-order valence-corrected chi connectivity index (χ3v) is 3.17. The van der Waals surface area contributed by atoms with Gasteiger partial charge in [-0.2, -0.15) is 0 Å². The van der Waals surface area contributed by atoms with Crippen LogP contribution in [0, 0.1) is 13.8 Å². The van der Waals surface area contributed by atoms with Gasteiger partial charge in [-0.05, 0) is 37.1 Å². The van der Waals surface area contributed by atoms with Crippen LogP contribution >= 0.6 is 0 Å². The van der Waals surface area contributed by atoms with E-state index in [9.17, 15) is 14.7 Å². The number of hydrogen-bond acceptors (Lipinski definition) is 5. The number of aromatic hydroxyl groups is 1. The van der Waals surface area contributed by atoms with Gasteiger partial charge in [0.05, 0.1) is 6.20 Å². The van der Waals surface area contributed by atoms with Gasteiger partial charge in [0, 0.05) is 6.07 Å². The Labute approximate surface area is 132 Å². The number of aryl methyl sites for hydroxylation is 2. The molecule has 1 aromatic carbocycles. The number of hydrogen-bond donors (Lipinski definition) is 3. The molecule has 1 amide bonds. The van der Waals surface area contributed by atoms with Crippen molar-refractivity contribution in [1.82, 2.24) is 10.3 Å². The summed E-state index contributed by atoms with van der Waals surface area (Å²) in [7, 11) is 0. The standard InChI is InChI=1S/C16H16N2O5/c1-9-3-4-11(5-10(9)2)23-12-6-13(19)15(17-7-12)16(22)18-8-14(20)21/h3-7,19H,8H2,1-2H3,(H,18,22)(H,20,21). The van der Waals surface area contributed by atoms with E-state index in [0.717, 1.165) is 11.1 Å². The van der Waals surface area contributed by atoms with Crippen LogP contribution in [0.2, 0.25) is 0 Å². The Morgan fingerprint density at radius 1 is 1.17 bits per heavy atom. The minimum Gasteiger partial charge on any atom is -0.505 e. The minimum atomic E-state index is -1.19. The van der Waals surface area contributed by atoms with Crippen molar-refractivity contribution >= 4 is 11.9 Å². The van der Waals surface area contributed by atoms with Gasteiger partial charge in [0.25, 0.3) is 5.91 Å². The van der Waals surface area contributed by atoms with Crippen LogP contribution in [0.3, 0.4) is 0 Å². The van der Waals surface area contributed by atoms with Crippen molar-refractivity contribution in [1.29, 1.82) is 0 Å². The lowest BCUT2D eigenvalue weighted by Gasteiger charge is -2.09. The molecule has 0 aliphatic carbocycles. The van der Waals surface area contributed by atoms with Crippen molar-refractivity contribution in [3.63, 3.8) is 0 Å². The zero-order valence-electron chi connectivity index (χ0n) is 12.7. The van der Waals surface area contributed by atoms with Crippen LogP contribution in [0.15, 0.2) is 30.5 Å². The summed E-state index contributed by atoms with van der Waals surface area (Å²) in [6.07, 6.45) is 1.28. The SMILES string of the molecule is Cc1ccc(Oc2cnc(C(=O)NCC(=O)O)c(O)c2)cc1C. The molecule has 0 spiro atoms. The van der Waals surface area contributed by atoms with Crippen LogP contribution in [0.5, 0.6) is 17.2 Å². The number of carboxylic acid groups (broad SMARTS) is 1. The van der Waals surface area contributed by atoms with E-state index in [2.05, 4.69) is 10.3 Å². The zero-order valence-corrected chi connectivity index (χ0v) is 12.7. The summed E-state index contributed by atoms with van der Waals surface area (Å²) in [5.41, 5.74) is 1.92. The number of carbonyl (C=O) groups is 2. The fourth-order valence-electron chi connectivity index (χ4n) is 1.82. The number of benzene rings is 1. The molecule has 1 aromatic heterocycles. The van der Waals surface area contributed by atoms with Gasteiger partial charge in [0.2, 0.25) is 0 Å². The van der Waals surface area contributed by atoms with Gasteiger partial charge < -0.3 is 20.3 Å². The van der Waals surface area contributed by atoms with Gasteiger partial charge in [0.15, 0.2) is 11.4 Å². The summed E-state index contributed by atoms with van der Waals surface area (Å²) >= 11 is 0. The van der Waals surface area contributed by atoms with E-state index in [1.165, 1.54) is 12.3 Å². The number of nitrogens with one attached hydrogen (secondary N) is 1. The van der Waals surface area contributed by atoms with Gasteiger partial charge in [-0.1, -0.05) is 6.07 Å².